The molecule has 6 nitrogen and oxygen atoms in total. The molecule has 4 rings (SSSR count). The van der Waals surface area contributed by atoms with Crippen LogP contribution in [0.3, 0.4) is 0 Å². The van der Waals surface area contributed by atoms with E-state index >= 15 is 0 Å². The highest BCUT2D eigenvalue weighted by Crippen LogP contribution is 2.36. The lowest BCUT2D eigenvalue weighted by atomic mass is 9.86. The summed E-state index contributed by atoms with van der Waals surface area (Å²) in [4.78, 5) is 13.2. The Hall–Kier alpha value is -1.89. The van der Waals surface area contributed by atoms with Gasteiger partial charge in [-0.25, -0.2) is 9.97 Å². The largest absolute Gasteiger partial charge is 0.396 e. The Morgan fingerprint density at radius 2 is 2.04 bits per heavy atom. The van der Waals surface area contributed by atoms with E-state index in [2.05, 4.69) is 15.3 Å². The smallest absolute Gasteiger partial charge is 0.160 e. The van der Waals surface area contributed by atoms with Gasteiger partial charge in [-0.05, 0) is 49.8 Å². The maximum Gasteiger partial charge on any atom is 0.160 e. The lowest BCUT2D eigenvalue weighted by Gasteiger charge is -2.33. The van der Waals surface area contributed by atoms with Crippen molar-refractivity contribution in [3.63, 3.8) is 0 Å². The van der Waals surface area contributed by atoms with E-state index in [0.29, 0.717) is 18.3 Å². The highest BCUT2D eigenvalue weighted by Gasteiger charge is 2.43. The fraction of sp³-hybridized carbons (Fsp3) is 0.550. The molecular formula is C20H26N4O2. The first kappa shape index (κ1) is 17.5. The molecule has 138 valence electrons. The van der Waals surface area contributed by atoms with Crippen molar-refractivity contribution in [3.05, 3.63) is 42.5 Å². The highest BCUT2D eigenvalue weighted by molar-refractivity contribution is 5.52. The van der Waals surface area contributed by atoms with Crippen LogP contribution in [-0.2, 0) is 6.42 Å². The van der Waals surface area contributed by atoms with Gasteiger partial charge in [-0.3, -0.25) is 4.98 Å². The van der Waals surface area contributed by atoms with Crippen LogP contribution in [-0.4, -0.2) is 50.0 Å². The Kier molecular flexibility index (Phi) is 5.24. The van der Waals surface area contributed by atoms with Gasteiger partial charge in [0.05, 0.1) is 6.10 Å². The van der Waals surface area contributed by atoms with Crippen molar-refractivity contribution < 1.29 is 10.2 Å². The zero-order chi connectivity index (χ0) is 17.9. The molecule has 2 heterocycles. The lowest BCUT2D eigenvalue weighted by molar-refractivity contribution is 0.0714. The molecule has 4 unspecified atom stereocenters. The van der Waals surface area contributed by atoms with E-state index in [1.807, 2.05) is 18.2 Å². The number of aliphatic hydroxyl groups is 2. The van der Waals surface area contributed by atoms with Gasteiger partial charge in [-0.2, -0.15) is 0 Å². The molecule has 0 amide bonds. The number of hydrogen-bond donors (Lipinski definition) is 3. The monoisotopic (exact) mass is 354 g/mol. The SMILES string of the molecule is OCC1C(O)CC(NC2CCC2)C1Cc1ccnc(-c2cccnc2)n1. The number of aromatic nitrogens is 3. The summed E-state index contributed by atoms with van der Waals surface area (Å²) >= 11 is 0. The molecule has 2 aliphatic rings. The Morgan fingerprint density at radius 3 is 2.73 bits per heavy atom. The molecule has 26 heavy (non-hydrogen) atoms. The minimum absolute atomic E-state index is 0.00915. The van der Waals surface area contributed by atoms with Crippen LogP contribution >= 0.6 is 0 Å². The first-order chi connectivity index (χ1) is 12.7. The van der Waals surface area contributed by atoms with Crippen LogP contribution in [0.1, 0.15) is 31.4 Å². The third kappa shape index (κ3) is 3.63. The van der Waals surface area contributed by atoms with Crippen LogP contribution in [0.4, 0.5) is 0 Å². The quantitative estimate of drug-likeness (QED) is 0.730. The van der Waals surface area contributed by atoms with Crippen molar-refractivity contribution in [1.29, 1.82) is 0 Å². The zero-order valence-corrected chi connectivity index (χ0v) is 14.8. The third-order valence-electron chi connectivity index (χ3n) is 5.90. The molecule has 0 spiro atoms. The second-order valence-corrected chi connectivity index (χ2v) is 7.53. The normalized spacial score (nSPS) is 28.8. The van der Waals surface area contributed by atoms with E-state index in [4.69, 9.17) is 4.98 Å². The molecule has 2 aromatic heterocycles. The summed E-state index contributed by atoms with van der Waals surface area (Å²) < 4.78 is 0. The molecule has 0 bridgehead atoms. The molecule has 0 radical (unpaired) electrons. The number of aliphatic hydroxyl groups excluding tert-OH is 2. The van der Waals surface area contributed by atoms with Gasteiger partial charge in [0.25, 0.3) is 0 Å². The fourth-order valence-electron chi connectivity index (χ4n) is 4.20. The molecule has 0 aliphatic heterocycles. The molecular weight excluding hydrogens is 328 g/mol. The Labute approximate surface area is 153 Å². The predicted octanol–water partition coefficient (Wildman–Crippen LogP) is 1.58. The molecule has 4 atom stereocenters. The average Bonchev–Trinajstić information content (AvgIpc) is 2.93. The standard InChI is InChI=1S/C20H26N4O2/c25-12-17-16(18(10-19(17)26)23-14-4-1-5-14)9-15-6-8-22-20(24-15)13-3-2-7-21-11-13/h2-3,6-8,11,14,16-19,23,25-26H,1,4-5,9-10,12H2. The van der Waals surface area contributed by atoms with E-state index in [0.717, 1.165) is 17.7 Å². The van der Waals surface area contributed by atoms with E-state index in [1.165, 1.54) is 19.3 Å². The summed E-state index contributed by atoms with van der Waals surface area (Å²) in [7, 11) is 0. The average molecular weight is 354 g/mol. The molecule has 2 aliphatic carbocycles. The van der Waals surface area contributed by atoms with Crippen molar-refractivity contribution in [2.75, 3.05) is 6.61 Å². The van der Waals surface area contributed by atoms with Gasteiger partial charge in [-0.1, -0.05) is 6.42 Å². The van der Waals surface area contributed by atoms with Gasteiger partial charge < -0.3 is 15.5 Å². The molecule has 0 saturated heterocycles. The maximum absolute atomic E-state index is 10.4. The van der Waals surface area contributed by atoms with Crippen molar-refractivity contribution in [3.8, 4) is 11.4 Å². The highest BCUT2D eigenvalue weighted by atomic mass is 16.3. The van der Waals surface area contributed by atoms with Crippen LogP contribution in [0, 0.1) is 11.8 Å². The number of pyridine rings is 1. The van der Waals surface area contributed by atoms with Gasteiger partial charge in [0.2, 0.25) is 0 Å². The number of rotatable bonds is 6. The van der Waals surface area contributed by atoms with Crippen molar-refractivity contribution in [2.24, 2.45) is 11.8 Å². The molecule has 2 saturated carbocycles. The van der Waals surface area contributed by atoms with Crippen LogP contribution in [0.15, 0.2) is 36.8 Å². The summed E-state index contributed by atoms with van der Waals surface area (Å²) in [6.07, 6.45) is 9.94. The first-order valence-electron chi connectivity index (χ1n) is 9.52. The molecule has 3 N–H and O–H groups in total. The minimum atomic E-state index is -0.456. The number of nitrogens with one attached hydrogen (secondary N) is 1. The summed E-state index contributed by atoms with van der Waals surface area (Å²) in [5, 5.41) is 23.9. The van der Waals surface area contributed by atoms with Crippen LogP contribution in [0.2, 0.25) is 0 Å². The summed E-state index contributed by atoms with van der Waals surface area (Å²) in [6, 6.07) is 6.54. The van der Waals surface area contributed by atoms with Crippen LogP contribution in [0.5, 0.6) is 0 Å². The minimum Gasteiger partial charge on any atom is -0.396 e. The van der Waals surface area contributed by atoms with Crippen molar-refractivity contribution >= 4 is 0 Å². The summed E-state index contributed by atoms with van der Waals surface area (Å²) in [5.74, 6) is 0.731. The Morgan fingerprint density at radius 1 is 1.15 bits per heavy atom. The second-order valence-electron chi connectivity index (χ2n) is 7.53. The number of hydrogen-bond acceptors (Lipinski definition) is 6. The summed E-state index contributed by atoms with van der Waals surface area (Å²) in [6.45, 7) is 0.00915. The third-order valence-corrected chi connectivity index (χ3v) is 5.90. The topological polar surface area (TPSA) is 91.2 Å². The van der Waals surface area contributed by atoms with E-state index in [1.54, 1.807) is 18.6 Å². The van der Waals surface area contributed by atoms with Gasteiger partial charge >= 0.3 is 0 Å². The first-order valence-corrected chi connectivity index (χ1v) is 9.52. The van der Waals surface area contributed by atoms with E-state index < -0.39 is 6.10 Å². The maximum atomic E-state index is 10.4. The van der Waals surface area contributed by atoms with Gasteiger partial charge in [-0.15, -0.1) is 0 Å². The van der Waals surface area contributed by atoms with Crippen molar-refractivity contribution in [1.82, 2.24) is 20.3 Å². The number of nitrogens with zero attached hydrogens (tertiary/aromatic N) is 3. The van der Waals surface area contributed by atoms with Crippen molar-refractivity contribution in [2.45, 2.75) is 50.3 Å². The second kappa shape index (κ2) is 7.78. The fourth-order valence-corrected chi connectivity index (χ4v) is 4.20. The lowest BCUT2D eigenvalue weighted by Crippen LogP contribution is -2.45. The van der Waals surface area contributed by atoms with Crippen LogP contribution < -0.4 is 5.32 Å². The van der Waals surface area contributed by atoms with Crippen LogP contribution in [0.25, 0.3) is 11.4 Å². The Bertz CT molecular complexity index is 723. The zero-order valence-electron chi connectivity index (χ0n) is 14.8. The van der Waals surface area contributed by atoms with E-state index in [-0.39, 0.29) is 24.5 Å². The summed E-state index contributed by atoms with van der Waals surface area (Å²) in [5.41, 5.74) is 1.83. The molecule has 6 heteroatoms. The predicted molar refractivity (Wildman–Crippen MR) is 98.2 cm³/mol. The molecule has 2 fully saturated rings. The Balaban J connectivity index is 1.53. The molecule has 0 aromatic carbocycles. The van der Waals surface area contributed by atoms with Gasteiger partial charge in [0, 0.05) is 54.5 Å². The molecule has 2 aromatic rings. The van der Waals surface area contributed by atoms with E-state index in [9.17, 15) is 10.2 Å². The van der Waals surface area contributed by atoms with Gasteiger partial charge in [0.1, 0.15) is 0 Å². The van der Waals surface area contributed by atoms with Gasteiger partial charge in [0.15, 0.2) is 5.82 Å².